The van der Waals surface area contributed by atoms with E-state index in [1.807, 2.05) is 18.2 Å². The number of methoxy groups -OCH3 is 1. The molecule has 0 aliphatic rings. The Kier molecular flexibility index (Phi) is 8.21. The quantitative estimate of drug-likeness (QED) is 0.661. The Bertz CT molecular complexity index is 344. The van der Waals surface area contributed by atoms with E-state index >= 15 is 0 Å². The minimum absolute atomic E-state index is 0.288. The van der Waals surface area contributed by atoms with Gasteiger partial charge in [-0.2, -0.15) is 0 Å². The summed E-state index contributed by atoms with van der Waals surface area (Å²) in [6.45, 7) is 7.54. The van der Waals surface area contributed by atoms with Crippen molar-refractivity contribution in [2.24, 2.45) is 0 Å². The Morgan fingerprint density at radius 3 is 2.58 bits per heavy atom. The van der Waals surface area contributed by atoms with E-state index in [4.69, 9.17) is 14.2 Å². The molecule has 0 amide bonds. The fraction of sp³-hybridized carbons (Fsp3) is 0.600. The molecule has 1 atom stereocenters. The molecule has 0 bridgehead atoms. The van der Waals surface area contributed by atoms with Crippen molar-refractivity contribution in [1.82, 2.24) is 5.32 Å². The molecular weight excluding hydrogens is 242 g/mol. The highest BCUT2D eigenvalue weighted by atomic mass is 16.5. The molecule has 1 aromatic carbocycles. The molecule has 1 unspecified atom stereocenters. The molecule has 0 saturated heterocycles. The number of para-hydroxylation sites is 1. The second-order valence-electron chi connectivity index (χ2n) is 4.27. The fourth-order valence-electron chi connectivity index (χ4n) is 1.84. The van der Waals surface area contributed by atoms with Crippen molar-refractivity contribution >= 4 is 0 Å². The minimum Gasteiger partial charge on any atom is -0.491 e. The van der Waals surface area contributed by atoms with E-state index in [-0.39, 0.29) is 6.04 Å². The largest absolute Gasteiger partial charge is 0.491 e. The first-order valence-corrected chi connectivity index (χ1v) is 6.81. The molecule has 1 N–H and O–H groups in total. The van der Waals surface area contributed by atoms with Gasteiger partial charge in [0.1, 0.15) is 12.4 Å². The van der Waals surface area contributed by atoms with Crippen molar-refractivity contribution < 1.29 is 14.2 Å². The molecule has 0 aliphatic heterocycles. The molecule has 4 nitrogen and oxygen atoms in total. The first kappa shape index (κ1) is 16.0. The van der Waals surface area contributed by atoms with Gasteiger partial charge in [0.25, 0.3) is 0 Å². The number of hydrogen-bond donors (Lipinski definition) is 1. The zero-order chi connectivity index (χ0) is 13.9. The lowest BCUT2D eigenvalue weighted by Gasteiger charge is -2.17. The lowest BCUT2D eigenvalue weighted by molar-refractivity contribution is 0.0542. The molecule has 108 valence electrons. The van der Waals surface area contributed by atoms with Crippen LogP contribution in [-0.2, 0) is 9.47 Å². The maximum atomic E-state index is 5.78. The van der Waals surface area contributed by atoms with Crippen LogP contribution in [0, 0.1) is 0 Å². The first-order valence-electron chi connectivity index (χ1n) is 6.81. The van der Waals surface area contributed by atoms with Gasteiger partial charge in [-0.3, -0.25) is 0 Å². The van der Waals surface area contributed by atoms with Crippen LogP contribution in [0.2, 0.25) is 0 Å². The van der Waals surface area contributed by atoms with Crippen molar-refractivity contribution in [2.45, 2.75) is 19.9 Å². The molecular formula is C15H25NO3. The summed E-state index contributed by atoms with van der Waals surface area (Å²) in [6, 6.07) is 8.40. The molecule has 19 heavy (non-hydrogen) atoms. The standard InChI is InChI=1S/C15H25NO3/c1-4-16-13(2)14-7-5-6-8-15(14)19-12-11-18-10-9-17-3/h5-8,13,16H,4,9-12H2,1-3H3. The molecule has 0 fully saturated rings. The summed E-state index contributed by atoms with van der Waals surface area (Å²) in [7, 11) is 1.66. The number of nitrogens with one attached hydrogen (secondary N) is 1. The van der Waals surface area contributed by atoms with Crippen LogP contribution < -0.4 is 10.1 Å². The lowest BCUT2D eigenvalue weighted by atomic mass is 10.1. The molecule has 4 heteroatoms. The normalized spacial score (nSPS) is 12.4. The van der Waals surface area contributed by atoms with Gasteiger partial charge in [-0.15, -0.1) is 0 Å². The first-order chi connectivity index (χ1) is 9.29. The minimum atomic E-state index is 0.288. The highest BCUT2D eigenvalue weighted by molar-refractivity contribution is 5.35. The van der Waals surface area contributed by atoms with Gasteiger partial charge in [0.15, 0.2) is 0 Å². The summed E-state index contributed by atoms with van der Waals surface area (Å²) in [5.74, 6) is 0.922. The van der Waals surface area contributed by atoms with E-state index in [0.717, 1.165) is 12.3 Å². The van der Waals surface area contributed by atoms with Gasteiger partial charge < -0.3 is 19.5 Å². The van der Waals surface area contributed by atoms with E-state index in [1.54, 1.807) is 7.11 Å². The molecule has 1 aromatic rings. The number of ether oxygens (including phenoxy) is 3. The van der Waals surface area contributed by atoms with E-state index in [1.165, 1.54) is 5.56 Å². The van der Waals surface area contributed by atoms with Gasteiger partial charge in [-0.1, -0.05) is 25.1 Å². The van der Waals surface area contributed by atoms with Crippen LogP contribution >= 0.6 is 0 Å². The van der Waals surface area contributed by atoms with Crippen LogP contribution in [0.15, 0.2) is 24.3 Å². The summed E-state index contributed by atoms with van der Waals surface area (Å²) in [5, 5.41) is 3.39. The zero-order valence-corrected chi connectivity index (χ0v) is 12.1. The van der Waals surface area contributed by atoms with Crippen LogP contribution in [0.3, 0.4) is 0 Å². The SMILES string of the molecule is CCNC(C)c1ccccc1OCCOCCOC. The maximum absolute atomic E-state index is 5.78. The highest BCUT2D eigenvalue weighted by Crippen LogP contribution is 2.24. The van der Waals surface area contributed by atoms with E-state index in [2.05, 4.69) is 25.2 Å². The van der Waals surface area contributed by atoms with E-state index < -0.39 is 0 Å². The monoisotopic (exact) mass is 267 g/mol. The highest BCUT2D eigenvalue weighted by Gasteiger charge is 2.09. The average molecular weight is 267 g/mol. The van der Waals surface area contributed by atoms with Gasteiger partial charge in [0, 0.05) is 18.7 Å². The summed E-state index contributed by atoms with van der Waals surface area (Å²) < 4.78 is 16.1. The molecule has 0 heterocycles. The second-order valence-corrected chi connectivity index (χ2v) is 4.27. The van der Waals surface area contributed by atoms with E-state index in [9.17, 15) is 0 Å². The van der Waals surface area contributed by atoms with Crippen LogP contribution in [0.4, 0.5) is 0 Å². The van der Waals surface area contributed by atoms with Gasteiger partial charge >= 0.3 is 0 Å². The van der Waals surface area contributed by atoms with Crippen molar-refractivity contribution in [2.75, 3.05) is 40.1 Å². The van der Waals surface area contributed by atoms with Crippen molar-refractivity contribution in [3.05, 3.63) is 29.8 Å². The van der Waals surface area contributed by atoms with Gasteiger partial charge in [0.05, 0.1) is 19.8 Å². The molecule has 0 spiro atoms. The Labute approximate surface area is 116 Å². The summed E-state index contributed by atoms with van der Waals surface area (Å²) in [5.41, 5.74) is 1.18. The van der Waals surface area contributed by atoms with Gasteiger partial charge in [-0.05, 0) is 19.5 Å². The Morgan fingerprint density at radius 1 is 1.11 bits per heavy atom. The topological polar surface area (TPSA) is 39.7 Å². The van der Waals surface area contributed by atoms with Gasteiger partial charge in [-0.25, -0.2) is 0 Å². The number of rotatable bonds is 10. The Morgan fingerprint density at radius 2 is 1.84 bits per heavy atom. The number of benzene rings is 1. The molecule has 0 saturated carbocycles. The maximum Gasteiger partial charge on any atom is 0.124 e. The van der Waals surface area contributed by atoms with Crippen LogP contribution in [-0.4, -0.2) is 40.1 Å². The number of hydrogen-bond acceptors (Lipinski definition) is 4. The lowest BCUT2D eigenvalue weighted by Crippen LogP contribution is -2.19. The predicted molar refractivity (Wildman–Crippen MR) is 76.7 cm³/mol. The van der Waals surface area contributed by atoms with E-state index in [0.29, 0.717) is 26.4 Å². The Balaban J connectivity index is 2.40. The second kappa shape index (κ2) is 9.78. The van der Waals surface area contributed by atoms with Crippen LogP contribution in [0.25, 0.3) is 0 Å². The molecule has 0 radical (unpaired) electrons. The third-order valence-corrected chi connectivity index (χ3v) is 2.81. The van der Waals surface area contributed by atoms with Crippen LogP contribution in [0.5, 0.6) is 5.75 Å². The fourth-order valence-corrected chi connectivity index (χ4v) is 1.84. The van der Waals surface area contributed by atoms with Crippen molar-refractivity contribution in [3.63, 3.8) is 0 Å². The summed E-state index contributed by atoms with van der Waals surface area (Å²) in [4.78, 5) is 0. The molecule has 1 rings (SSSR count). The molecule has 0 aromatic heterocycles. The summed E-state index contributed by atoms with van der Waals surface area (Å²) >= 11 is 0. The van der Waals surface area contributed by atoms with Crippen molar-refractivity contribution in [3.8, 4) is 5.75 Å². The predicted octanol–water partition coefficient (Wildman–Crippen LogP) is 2.40. The average Bonchev–Trinajstić information content (AvgIpc) is 2.43. The third kappa shape index (κ3) is 6.05. The smallest absolute Gasteiger partial charge is 0.124 e. The van der Waals surface area contributed by atoms with Crippen molar-refractivity contribution in [1.29, 1.82) is 0 Å². The third-order valence-electron chi connectivity index (χ3n) is 2.81. The van der Waals surface area contributed by atoms with Crippen LogP contribution in [0.1, 0.15) is 25.5 Å². The summed E-state index contributed by atoms with van der Waals surface area (Å²) in [6.07, 6.45) is 0. The Hall–Kier alpha value is -1.10. The molecule has 0 aliphatic carbocycles. The van der Waals surface area contributed by atoms with Gasteiger partial charge in [0.2, 0.25) is 0 Å². The zero-order valence-electron chi connectivity index (χ0n) is 12.1.